The predicted octanol–water partition coefficient (Wildman–Crippen LogP) is 2.21. The number of anilines is 3. The van der Waals surface area contributed by atoms with Crippen LogP contribution in [0.5, 0.6) is 5.75 Å². The lowest BCUT2D eigenvalue weighted by molar-refractivity contribution is -0.111. The quantitative estimate of drug-likeness (QED) is 0.390. The summed E-state index contributed by atoms with van der Waals surface area (Å²) < 4.78 is 0. The molecule has 2 aromatic rings. The molecule has 20 heavy (non-hydrogen) atoms. The average molecular weight is 269 g/mol. The highest BCUT2D eigenvalue weighted by molar-refractivity contribution is 6.02. The number of aromatic hydroxyl groups is 1. The summed E-state index contributed by atoms with van der Waals surface area (Å²) in [6, 6.07) is 11.5. The second-order valence-corrected chi connectivity index (χ2v) is 4.26. The monoisotopic (exact) mass is 269 g/mol. The molecule has 2 aromatic carbocycles. The van der Waals surface area contributed by atoms with Crippen molar-refractivity contribution in [2.45, 2.75) is 0 Å². The summed E-state index contributed by atoms with van der Waals surface area (Å²) in [5, 5.41) is 12.3. The first kappa shape index (κ1) is 13.5. The Kier molecular flexibility index (Phi) is 3.91. The van der Waals surface area contributed by atoms with Gasteiger partial charge in [-0.05, 0) is 48.5 Å². The van der Waals surface area contributed by atoms with E-state index in [1.165, 1.54) is 18.2 Å². The van der Waals surface area contributed by atoms with Gasteiger partial charge < -0.3 is 21.9 Å². The summed E-state index contributed by atoms with van der Waals surface area (Å²) in [7, 11) is 0. The van der Waals surface area contributed by atoms with E-state index in [4.69, 9.17) is 11.5 Å². The van der Waals surface area contributed by atoms with Crippen molar-refractivity contribution in [1.82, 2.24) is 0 Å². The van der Waals surface area contributed by atoms with E-state index in [9.17, 15) is 9.90 Å². The Morgan fingerprint density at radius 2 is 1.70 bits per heavy atom. The smallest absolute Gasteiger partial charge is 0.248 e. The fourth-order valence-electron chi connectivity index (χ4n) is 1.62. The van der Waals surface area contributed by atoms with E-state index in [0.29, 0.717) is 22.6 Å². The van der Waals surface area contributed by atoms with Crippen molar-refractivity contribution in [3.05, 3.63) is 54.1 Å². The Labute approximate surface area is 116 Å². The van der Waals surface area contributed by atoms with Gasteiger partial charge in [-0.25, -0.2) is 0 Å². The maximum atomic E-state index is 11.7. The van der Waals surface area contributed by atoms with Crippen LogP contribution in [0.25, 0.3) is 6.08 Å². The first-order chi connectivity index (χ1) is 9.54. The van der Waals surface area contributed by atoms with Crippen LogP contribution < -0.4 is 16.8 Å². The highest BCUT2D eigenvalue weighted by atomic mass is 16.3. The van der Waals surface area contributed by atoms with Gasteiger partial charge in [-0.2, -0.15) is 0 Å². The van der Waals surface area contributed by atoms with Gasteiger partial charge in [-0.15, -0.1) is 0 Å². The molecule has 0 atom stereocenters. The van der Waals surface area contributed by atoms with Crippen molar-refractivity contribution < 1.29 is 9.90 Å². The number of nitrogens with one attached hydrogen (secondary N) is 1. The zero-order valence-corrected chi connectivity index (χ0v) is 10.7. The third-order valence-electron chi connectivity index (χ3n) is 2.64. The minimum absolute atomic E-state index is 0.0655. The Balaban J connectivity index is 2.05. The lowest BCUT2D eigenvalue weighted by atomic mass is 10.1. The van der Waals surface area contributed by atoms with E-state index in [1.54, 1.807) is 36.4 Å². The van der Waals surface area contributed by atoms with Crippen LogP contribution in [0.2, 0.25) is 0 Å². The molecule has 0 aromatic heterocycles. The first-order valence-corrected chi connectivity index (χ1v) is 5.98. The molecule has 0 radical (unpaired) electrons. The van der Waals surface area contributed by atoms with E-state index in [0.717, 1.165) is 0 Å². The molecular weight excluding hydrogens is 254 g/mol. The van der Waals surface area contributed by atoms with E-state index in [1.807, 2.05) is 0 Å². The Morgan fingerprint density at radius 1 is 1.05 bits per heavy atom. The van der Waals surface area contributed by atoms with E-state index < -0.39 is 0 Å². The summed E-state index contributed by atoms with van der Waals surface area (Å²) in [5.41, 5.74) is 13.4. The van der Waals surface area contributed by atoms with Gasteiger partial charge >= 0.3 is 0 Å². The summed E-state index contributed by atoms with van der Waals surface area (Å²) in [4.78, 5) is 11.7. The van der Waals surface area contributed by atoms with Crippen molar-refractivity contribution in [2.75, 3.05) is 16.8 Å². The van der Waals surface area contributed by atoms with E-state index in [-0.39, 0.29) is 11.7 Å². The topological polar surface area (TPSA) is 101 Å². The molecule has 102 valence electrons. The highest BCUT2D eigenvalue weighted by Crippen LogP contribution is 2.21. The maximum Gasteiger partial charge on any atom is 0.248 e. The van der Waals surface area contributed by atoms with Crippen LogP contribution in [0, 0.1) is 0 Å². The van der Waals surface area contributed by atoms with Crippen LogP contribution in [0.1, 0.15) is 5.56 Å². The molecule has 5 nitrogen and oxygen atoms in total. The molecule has 0 unspecified atom stereocenters. The Morgan fingerprint density at radius 3 is 2.40 bits per heavy atom. The molecule has 0 aliphatic carbocycles. The number of phenols is 1. The van der Waals surface area contributed by atoms with Crippen molar-refractivity contribution in [3.63, 3.8) is 0 Å². The van der Waals surface area contributed by atoms with Gasteiger partial charge in [0, 0.05) is 28.7 Å². The molecule has 6 N–H and O–H groups in total. The highest BCUT2D eigenvalue weighted by Gasteiger charge is 2.00. The molecular formula is C15H15N3O2. The van der Waals surface area contributed by atoms with Crippen LogP contribution in [0.4, 0.5) is 17.1 Å². The molecule has 2 rings (SSSR count). The molecule has 1 amide bonds. The third kappa shape index (κ3) is 3.52. The average Bonchev–Trinajstić information content (AvgIpc) is 2.42. The minimum atomic E-state index is -0.309. The molecule has 0 aliphatic rings. The van der Waals surface area contributed by atoms with Crippen LogP contribution in [-0.2, 0) is 4.79 Å². The predicted molar refractivity (Wildman–Crippen MR) is 81.0 cm³/mol. The number of nitrogens with two attached hydrogens (primary N) is 2. The van der Waals surface area contributed by atoms with Crippen molar-refractivity contribution in [1.29, 1.82) is 0 Å². The molecule has 0 aliphatic heterocycles. The van der Waals surface area contributed by atoms with E-state index >= 15 is 0 Å². The summed E-state index contributed by atoms with van der Waals surface area (Å²) in [6.07, 6.45) is 2.82. The Hall–Kier alpha value is -2.95. The number of rotatable bonds is 3. The molecule has 0 saturated heterocycles. The number of amides is 1. The fraction of sp³-hybridized carbons (Fsp3) is 0. The normalized spacial score (nSPS) is 10.6. The zero-order chi connectivity index (χ0) is 14.5. The summed E-state index contributed by atoms with van der Waals surface area (Å²) >= 11 is 0. The van der Waals surface area contributed by atoms with Gasteiger partial charge in [-0.3, -0.25) is 4.79 Å². The maximum absolute atomic E-state index is 11.7. The van der Waals surface area contributed by atoms with Crippen molar-refractivity contribution >= 4 is 29.0 Å². The molecule has 5 heteroatoms. The van der Waals surface area contributed by atoms with Crippen molar-refractivity contribution in [2.24, 2.45) is 0 Å². The lowest BCUT2D eigenvalue weighted by Crippen LogP contribution is -2.07. The minimum Gasteiger partial charge on any atom is -0.507 e. The van der Waals surface area contributed by atoms with Crippen molar-refractivity contribution in [3.8, 4) is 5.75 Å². The number of carbonyl (C=O) groups excluding carboxylic acids is 1. The number of benzene rings is 2. The summed E-state index contributed by atoms with van der Waals surface area (Å²) in [5.74, 6) is -0.243. The first-order valence-electron chi connectivity index (χ1n) is 5.98. The van der Waals surface area contributed by atoms with Crippen LogP contribution in [-0.4, -0.2) is 11.0 Å². The van der Waals surface area contributed by atoms with Crippen LogP contribution in [0.15, 0.2) is 48.5 Å². The molecule has 0 heterocycles. The second kappa shape index (κ2) is 5.79. The number of phenolic OH excluding ortho intramolecular Hbond substituents is 1. The fourth-order valence-corrected chi connectivity index (χ4v) is 1.62. The molecule has 0 fully saturated rings. The van der Waals surface area contributed by atoms with Gasteiger partial charge in [0.05, 0.1) is 0 Å². The number of hydrogen-bond acceptors (Lipinski definition) is 4. The second-order valence-electron chi connectivity index (χ2n) is 4.26. The number of nitrogen functional groups attached to an aromatic ring is 2. The number of carbonyl (C=O) groups is 1. The zero-order valence-electron chi connectivity index (χ0n) is 10.7. The van der Waals surface area contributed by atoms with Gasteiger partial charge in [0.15, 0.2) is 0 Å². The van der Waals surface area contributed by atoms with Gasteiger partial charge in [-0.1, -0.05) is 0 Å². The third-order valence-corrected chi connectivity index (χ3v) is 2.64. The molecule has 0 bridgehead atoms. The largest absolute Gasteiger partial charge is 0.507 e. The molecule has 0 spiro atoms. The Bertz CT molecular complexity index is 649. The summed E-state index contributed by atoms with van der Waals surface area (Å²) in [6.45, 7) is 0. The van der Waals surface area contributed by atoms with E-state index in [2.05, 4.69) is 5.32 Å². The standard InChI is InChI=1S/C15H15N3O2/c16-11-2-5-13(6-3-11)18-15(20)8-1-10-9-12(17)4-7-14(10)19/h1-9,19H,16-17H2,(H,18,20). The van der Waals surface area contributed by atoms with Gasteiger partial charge in [0.1, 0.15) is 5.75 Å². The van der Waals surface area contributed by atoms with Crippen LogP contribution >= 0.6 is 0 Å². The SMILES string of the molecule is Nc1ccc(NC(=O)C=Cc2cc(N)ccc2O)cc1. The van der Waals surface area contributed by atoms with Crippen LogP contribution in [0.3, 0.4) is 0 Å². The molecule has 0 saturated carbocycles. The number of hydrogen-bond donors (Lipinski definition) is 4. The van der Waals surface area contributed by atoms with Gasteiger partial charge in [0.2, 0.25) is 5.91 Å². The lowest BCUT2D eigenvalue weighted by Gasteiger charge is -2.03. The van der Waals surface area contributed by atoms with Gasteiger partial charge in [0.25, 0.3) is 0 Å².